The highest BCUT2D eigenvalue weighted by molar-refractivity contribution is 4.84. The van der Waals surface area contributed by atoms with Crippen LogP contribution in [0.15, 0.2) is 0 Å². The highest BCUT2D eigenvalue weighted by Crippen LogP contribution is 2.29. The summed E-state index contributed by atoms with van der Waals surface area (Å²) in [6.45, 7) is 11.2. The van der Waals surface area contributed by atoms with E-state index in [0.717, 1.165) is 13.1 Å². The predicted molar refractivity (Wildman–Crippen MR) is 62.1 cm³/mol. The lowest BCUT2D eigenvalue weighted by Gasteiger charge is -2.33. The van der Waals surface area contributed by atoms with E-state index in [0.29, 0.717) is 12.1 Å². The average molecular weight is 212 g/mol. The third-order valence-corrected chi connectivity index (χ3v) is 3.47. The molecule has 15 heavy (non-hydrogen) atoms. The summed E-state index contributed by atoms with van der Waals surface area (Å²) in [4.78, 5) is 2.53. The van der Waals surface area contributed by atoms with Crippen LogP contribution in [0.25, 0.3) is 0 Å². The molecule has 0 aromatic heterocycles. The smallest absolute Gasteiger partial charge is 0.0710 e. The van der Waals surface area contributed by atoms with Crippen LogP contribution in [-0.2, 0) is 4.74 Å². The lowest BCUT2D eigenvalue weighted by Crippen LogP contribution is -2.51. The van der Waals surface area contributed by atoms with E-state index < -0.39 is 0 Å². The highest BCUT2D eigenvalue weighted by atomic mass is 16.5. The Morgan fingerprint density at radius 1 is 1.47 bits per heavy atom. The number of rotatable bonds is 2. The fraction of sp³-hybridized carbons (Fsp3) is 1.00. The Kier molecular flexibility index (Phi) is 3.33. The maximum absolute atomic E-state index is 6.02. The first kappa shape index (κ1) is 11.4. The molecular weight excluding hydrogens is 188 g/mol. The van der Waals surface area contributed by atoms with Crippen LogP contribution in [0.1, 0.15) is 33.6 Å². The number of nitrogens with one attached hydrogen (secondary N) is 1. The van der Waals surface area contributed by atoms with Crippen molar-refractivity contribution < 1.29 is 4.74 Å². The second kappa shape index (κ2) is 4.40. The van der Waals surface area contributed by atoms with Crippen LogP contribution in [0.4, 0.5) is 0 Å². The molecule has 2 aliphatic rings. The summed E-state index contributed by atoms with van der Waals surface area (Å²) in [7, 11) is 0. The molecule has 0 aromatic carbocycles. The Morgan fingerprint density at radius 3 is 2.87 bits per heavy atom. The summed E-state index contributed by atoms with van der Waals surface area (Å²) in [6, 6.07) is 0.633. The zero-order valence-electron chi connectivity index (χ0n) is 10.3. The molecule has 2 saturated heterocycles. The van der Waals surface area contributed by atoms with E-state index in [-0.39, 0.29) is 5.60 Å². The van der Waals surface area contributed by atoms with Crippen molar-refractivity contribution in [2.24, 2.45) is 0 Å². The lowest BCUT2D eigenvalue weighted by molar-refractivity contribution is -0.0310. The van der Waals surface area contributed by atoms with E-state index in [1.54, 1.807) is 0 Å². The van der Waals surface area contributed by atoms with Crippen molar-refractivity contribution in [3.05, 3.63) is 0 Å². The van der Waals surface area contributed by atoms with Crippen LogP contribution in [0.3, 0.4) is 0 Å². The Bertz CT molecular complexity index is 218. The monoisotopic (exact) mass is 212 g/mol. The van der Waals surface area contributed by atoms with Crippen LogP contribution >= 0.6 is 0 Å². The van der Waals surface area contributed by atoms with Crippen LogP contribution in [0, 0.1) is 0 Å². The Morgan fingerprint density at radius 2 is 2.27 bits per heavy atom. The first-order valence-corrected chi connectivity index (χ1v) is 6.19. The molecule has 0 bridgehead atoms. The molecule has 3 heteroatoms. The van der Waals surface area contributed by atoms with Gasteiger partial charge in [-0.2, -0.15) is 0 Å². The zero-order valence-corrected chi connectivity index (χ0v) is 10.3. The van der Waals surface area contributed by atoms with Gasteiger partial charge in [-0.15, -0.1) is 0 Å². The zero-order chi connectivity index (χ0) is 10.9. The van der Waals surface area contributed by atoms with Crippen LogP contribution in [0.5, 0.6) is 0 Å². The van der Waals surface area contributed by atoms with Crippen molar-refractivity contribution in [1.29, 1.82) is 0 Å². The van der Waals surface area contributed by atoms with E-state index in [9.17, 15) is 0 Å². The molecule has 2 aliphatic heterocycles. The number of nitrogens with zero attached hydrogens (tertiary/aromatic N) is 1. The van der Waals surface area contributed by atoms with Crippen molar-refractivity contribution in [3.63, 3.8) is 0 Å². The fourth-order valence-electron chi connectivity index (χ4n) is 2.67. The van der Waals surface area contributed by atoms with Gasteiger partial charge in [0, 0.05) is 32.2 Å². The molecule has 2 heterocycles. The largest absolute Gasteiger partial charge is 0.371 e. The van der Waals surface area contributed by atoms with Gasteiger partial charge in [-0.25, -0.2) is 0 Å². The van der Waals surface area contributed by atoms with E-state index in [1.807, 2.05) is 0 Å². The molecule has 0 saturated carbocycles. The summed E-state index contributed by atoms with van der Waals surface area (Å²) in [5, 5.41) is 3.47. The van der Waals surface area contributed by atoms with Crippen molar-refractivity contribution in [2.45, 2.75) is 51.4 Å². The van der Waals surface area contributed by atoms with Gasteiger partial charge in [-0.1, -0.05) is 0 Å². The molecule has 1 N–H and O–H groups in total. The maximum Gasteiger partial charge on any atom is 0.0710 e. The van der Waals surface area contributed by atoms with E-state index in [4.69, 9.17) is 4.74 Å². The molecular formula is C12H24N2O. The van der Waals surface area contributed by atoms with Gasteiger partial charge in [0.2, 0.25) is 0 Å². The van der Waals surface area contributed by atoms with Gasteiger partial charge in [-0.05, 0) is 33.6 Å². The van der Waals surface area contributed by atoms with Crippen LogP contribution in [-0.4, -0.2) is 48.8 Å². The molecule has 0 amide bonds. The SMILES string of the molecule is C[C@@H]1CN(CC2CCC(C)(C)O2)CCN1. The lowest BCUT2D eigenvalue weighted by atomic mass is 10.1. The Balaban J connectivity index is 1.77. The minimum absolute atomic E-state index is 0.115. The molecule has 0 radical (unpaired) electrons. The van der Waals surface area contributed by atoms with E-state index in [1.165, 1.54) is 25.9 Å². The van der Waals surface area contributed by atoms with Crippen molar-refractivity contribution in [2.75, 3.05) is 26.2 Å². The van der Waals surface area contributed by atoms with Crippen LogP contribution < -0.4 is 5.32 Å². The molecule has 0 spiro atoms. The molecule has 3 nitrogen and oxygen atoms in total. The number of ether oxygens (including phenoxy) is 1. The standard InChI is InChI=1S/C12H24N2O/c1-10-8-14(7-6-13-10)9-11-4-5-12(2,3)15-11/h10-11,13H,4-9H2,1-3H3/t10-,11?/m1/s1. The molecule has 2 fully saturated rings. The van der Waals surface area contributed by atoms with Gasteiger partial charge >= 0.3 is 0 Å². The number of hydrogen-bond acceptors (Lipinski definition) is 3. The molecule has 88 valence electrons. The summed E-state index contributed by atoms with van der Waals surface area (Å²) < 4.78 is 6.02. The molecule has 0 aromatic rings. The summed E-state index contributed by atoms with van der Waals surface area (Å²) in [5.74, 6) is 0. The molecule has 0 aliphatic carbocycles. The van der Waals surface area contributed by atoms with Crippen molar-refractivity contribution in [1.82, 2.24) is 10.2 Å². The fourth-order valence-corrected chi connectivity index (χ4v) is 2.67. The third kappa shape index (κ3) is 3.16. The minimum Gasteiger partial charge on any atom is -0.371 e. The first-order chi connectivity index (χ1) is 7.05. The van der Waals surface area contributed by atoms with E-state index >= 15 is 0 Å². The normalized spacial score (nSPS) is 37.0. The van der Waals surface area contributed by atoms with Crippen LogP contribution in [0.2, 0.25) is 0 Å². The first-order valence-electron chi connectivity index (χ1n) is 6.19. The summed E-state index contributed by atoms with van der Waals surface area (Å²) >= 11 is 0. The Hall–Kier alpha value is -0.120. The van der Waals surface area contributed by atoms with Gasteiger partial charge in [0.15, 0.2) is 0 Å². The summed E-state index contributed by atoms with van der Waals surface area (Å²) in [5.41, 5.74) is 0.115. The van der Waals surface area contributed by atoms with Gasteiger partial charge < -0.3 is 10.1 Å². The Labute approximate surface area is 93.2 Å². The van der Waals surface area contributed by atoms with Crippen molar-refractivity contribution >= 4 is 0 Å². The number of piperazine rings is 1. The molecule has 1 unspecified atom stereocenters. The third-order valence-electron chi connectivity index (χ3n) is 3.47. The average Bonchev–Trinajstić information content (AvgIpc) is 2.45. The summed E-state index contributed by atoms with van der Waals surface area (Å²) in [6.07, 6.45) is 2.90. The second-order valence-corrected chi connectivity index (χ2v) is 5.65. The number of hydrogen-bond donors (Lipinski definition) is 1. The highest BCUT2D eigenvalue weighted by Gasteiger charge is 2.33. The predicted octanol–water partition coefficient (Wildman–Crippen LogP) is 1.24. The minimum atomic E-state index is 0.115. The van der Waals surface area contributed by atoms with Crippen molar-refractivity contribution in [3.8, 4) is 0 Å². The molecule has 2 atom stereocenters. The second-order valence-electron chi connectivity index (χ2n) is 5.65. The quantitative estimate of drug-likeness (QED) is 0.745. The van der Waals surface area contributed by atoms with Gasteiger partial charge in [0.05, 0.1) is 11.7 Å². The molecule has 2 rings (SSSR count). The van der Waals surface area contributed by atoms with E-state index in [2.05, 4.69) is 31.0 Å². The van der Waals surface area contributed by atoms with Gasteiger partial charge in [0.1, 0.15) is 0 Å². The van der Waals surface area contributed by atoms with Gasteiger partial charge in [0.25, 0.3) is 0 Å². The van der Waals surface area contributed by atoms with Gasteiger partial charge in [-0.3, -0.25) is 4.90 Å². The maximum atomic E-state index is 6.02. The topological polar surface area (TPSA) is 24.5 Å².